The van der Waals surface area contributed by atoms with Gasteiger partial charge in [0.25, 0.3) is 0 Å². The monoisotopic (exact) mass is 366 g/mol. The fraction of sp³-hybridized carbons (Fsp3) is 0.278. The average Bonchev–Trinajstić information content (AvgIpc) is 2.59. The molecule has 0 radical (unpaired) electrons. The Bertz CT molecular complexity index is 725. The molecule has 3 rings (SSSR count). The molecule has 1 aliphatic rings. The zero-order chi connectivity index (χ0) is 17.1. The summed E-state index contributed by atoms with van der Waals surface area (Å²) in [7, 11) is 0. The second-order valence-corrected chi connectivity index (χ2v) is 6.51. The Kier molecular flexibility index (Phi) is 5.27. The minimum atomic E-state index is -0.439. The summed E-state index contributed by atoms with van der Waals surface area (Å²) >= 11 is 12.2. The van der Waals surface area contributed by atoms with Crippen LogP contribution in [0.2, 0.25) is 10.0 Å². The fourth-order valence-electron chi connectivity index (χ4n) is 2.87. The summed E-state index contributed by atoms with van der Waals surface area (Å²) in [4.78, 5) is 16.3. The van der Waals surface area contributed by atoms with Crippen LogP contribution in [0.1, 0.15) is 5.56 Å². The molecule has 1 saturated heterocycles. The lowest BCUT2D eigenvalue weighted by molar-refractivity contribution is -0.130. The van der Waals surface area contributed by atoms with Gasteiger partial charge in [0, 0.05) is 36.8 Å². The fourth-order valence-corrected chi connectivity index (χ4v) is 3.35. The van der Waals surface area contributed by atoms with Gasteiger partial charge in [0.1, 0.15) is 5.82 Å². The molecular weight excluding hydrogens is 350 g/mol. The third-order valence-corrected chi connectivity index (χ3v) is 4.89. The summed E-state index contributed by atoms with van der Waals surface area (Å²) in [6, 6.07) is 12.1. The molecule has 126 valence electrons. The zero-order valence-electron chi connectivity index (χ0n) is 13.0. The molecule has 1 heterocycles. The van der Waals surface area contributed by atoms with Gasteiger partial charge in [-0.05, 0) is 24.3 Å². The molecule has 24 heavy (non-hydrogen) atoms. The SMILES string of the molecule is O=C(Cc1c(F)cccc1Cl)N1CCN(c2ccccc2Cl)CC1. The number of carbonyl (C=O) groups is 1. The molecule has 0 unspecified atom stereocenters. The van der Waals surface area contributed by atoms with Crippen molar-refractivity contribution in [3.05, 3.63) is 63.9 Å². The Labute approximate surface area is 150 Å². The van der Waals surface area contributed by atoms with Crippen molar-refractivity contribution in [1.82, 2.24) is 4.90 Å². The van der Waals surface area contributed by atoms with Crippen LogP contribution in [0.5, 0.6) is 0 Å². The summed E-state index contributed by atoms with van der Waals surface area (Å²) in [5.41, 5.74) is 1.24. The third-order valence-electron chi connectivity index (χ3n) is 4.22. The first-order valence-corrected chi connectivity index (χ1v) is 8.52. The average molecular weight is 367 g/mol. The Morgan fingerprint density at radius 2 is 1.62 bits per heavy atom. The van der Waals surface area contributed by atoms with E-state index in [4.69, 9.17) is 23.2 Å². The van der Waals surface area contributed by atoms with E-state index in [1.807, 2.05) is 24.3 Å². The number of piperazine rings is 1. The lowest BCUT2D eigenvalue weighted by Gasteiger charge is -2.36. The van der Waals surface area contributed by atoms with Crippen LogP contribution in [-0.4, -0.2) is 37.0 Å². The number of hydrogen-bond acceptors (Lipinski definition) is 2. The van der Waals surface area contributed by atoms with Gasteiger partial charge in [-0.1, -0.05) is 41.4 Å². The standard InChI is InChI=1S/C18H17Cl2FN2O/c19-14-5-3-6-16(21)13(14)12-18(24)23-10-8-22(9-11-23)17-7-2-1-4-15(17)20/h1-7H,8-12H2. The molecule has 1 fully saturated rings. The van der Waals surface area contributed by atoms with Crippen molar-refractivity contribution < 1.29 is 9.18 Å². The van der Waals surface area contributed by atoms with Crippen molar-refractivity contribution in [3.63, 3.8) is 0 Å². The number of rotatable bonds is 3. The van der Waals surface area contributed by atoms with Crippen molar-refractivity contribution in [3.8, 4) is 0 Å². The molecule has 0 bridgehead atoms. The van der Waals surface area contributed by atoms with Gasteiger partial charge in [0.05, 0.1) is 17.1 Å². The highest BCUT2D eigenvalue weighted by Gasteiger charge is 2.23. The highest BCUT2D eigenvalue weighted by Crippen LogP contribution is 2.26. The Morgan fingerprint density at radius 1 is 0.958 bits per heavy atom. The van der Waals surface area contributed by atoms with E-state index in [-0.39, 0.29) is 22.9 Å². The second-order valence-electron chi connectivity index (χ2n) is 5.70. The van der Waals surface area contributed by atoms with E-state index in [0.717, 1.165) is 5.69 Å². The lowest BCUT2D eigenvalue weighted by atomic mass is 10.1. The van der Waals surface area contributed by atoms with Crippen LogP contribution in [0, 0.1) is 5.82 Å². The highest BCUT2D eigenvalue weighted by molar-refractivity contribution is 6.33. The first kappa shape index (κ1) is 17.1. The van der Waals surface area contributed by atoms with E-state index in [0.29, 0.717) is 31.2 Å². The smallest absolute Gasteiger partial charge is 0.227 e. The molecule has 0 spiro atoms. The molecule has 0 saturated carbocycles. The van der Waals surface area contributed by atoms with Crippen LogP contribution in [0.3, 0.4) is 0 Å². The van der Waals surface area contributed by atoms with E-state index in [1.54, 1.807) is 11.0 Å². The van der Waals surface area contributed by atoms with Crippen molar-refractivity contribution in [2.45, 2.75) is 6.42 Å². The minimum absolute atomic E-state index is 0.0163. The third kappa shape index (κ3) is 3.65. The summed E-state index contributed by atoms with van der Waals surface area (Å²) in [5, 5.41) is 0.994. The Balaban J connectivity index is 1.62. The van der Waals surface area contributed by atoms with Crippen LogP contribution < -0.4 is 4.90 Å². The normalized spacial score (nSPS) is 14.8. The predicted octanol–water partition coefficient (Wildman–Crippen LogP) is 4.02. The van der Waals surface area contributed by atoms with E-state index in [1.165, 1.54) is 12.1 Å². The van der Waals surface area contributed by atoms with Crippen LogP contribution in [0.4, 0.5) is 10.1 Å². The topological polar surface area (TPSA) is 23.6 Å². The van der Waals surface area contributed by atoms with Crippen molar-refractivity contribution in [2.75, 3.05) is 31.1 Å². The number of nitrogens with zero attached hydrogens (tertiary/aromatic N) is 2. The van der Waals surface area contributed by atoms with Gasteiger partial charge in [0.2, 0.25) is 5.91 Å². The van der Waals surface area contributed by atoms with Crippen molar-refractivity contribution in [1.29, 1.82) is 0 Å². The van der Waals surface area contributed by atoms with E-state index >= 15 is 0 Å². The number of anilines is 1. The molecule has 1 amide bonds. The van der Waals surface area contributed by atoms with Gasteiger partial charge < -0.3 is 9.80 Å². The van der Waals surface area contributed by atoms with E-state index in [2.05, 4.69) is 4.90 Å². The van der Waals surface area contributed by atoms with Crippen LogP contribution in [0.25, 0.3) is 0 Å². The maximum atomic E-state index is 13.8. The van der Waals surface area contributed by atoms with Crippen LogP contribution in [0.15, 0.2) is 42.5 Å². The number of benzene rings is 2. The van der Waals surface area contributed by atoms with Gasteiger partial charge in [-0.3, -0.25) is 4.79 Å². The summed E-state index contributed by atoms with van der Waals surface area (Å²) in [6.45, 7) is 2.55. The summed E-state index contributed by atoms with van der Waals surface area (Å²) < 4.78 is 13.8. The second kappa shape index (κ2) is 7.41. The first-order chi connectivity index (χ1) is 11.6. The zero-order valence-corrected chi connectivity index (χ0v) is 14.5. The molecule has 6 heteroatoms. The number of halogens is 3. The summed E-state index contributed by atoms with van der Waals surface area (Å²) in [5.74, 6) is -0.550. The van der Waals surface area contributed by atoms with Gasteiger partial charge in [0.15, 0.2) is 0 Å². The number of hydrogen-bond donors (Lipinski definition) is 0. The lowest BCUT2D eigenvalue weighted by Crippen LogP contribution is -2.49. The number of carbonyl (C=O) groups excluding carboxylic acids is 1. The highest BCUT2D eigenvalue weighted by atomic mass is 35.5. The van der Waals surface area contributed by atoms with E-state index in [9.17, 15) is 9.18 Å². The number of para-hydroxylation sites is 1. The minimum Gasteiger partial charge on any atom is -0.367 e. The van der Waals surface area contributed by atoms with Gasteiger partial charge in [-0.25, -0.2) is 4.39 Å². The quantitative estimate of drug-likeness (QED) is 0.818. The maximum absolute atomic E-state index is 13.8. The molecular formula is C18H17Cl2FN2O. The van der Waals surface area contributed by atoms with Gasteiger partial charge >= 0.3 is 0 Å². The largest absolute Gasteiger partial charge is 0.367 e. The van der Waals surface area contributed by atoms with Crippen molar-refractivity contribution in [2.24, 2.45) is 0 Å². The molecule has 1 aliphatic heterocycles. The van der Waals surface area contributed by atoms with Gasteiger partial charge in [-0.15, -0.1) is 0 Å². The van der Waals surface area contributed by atoms with Gasteiger partial charge in [-0.2, -0.15) is 0 Å². The predicted molar refractivity (Wildman–Crippen MR) is 95.4 cm³/mol. The number of amides is 1. The molecule has 0 atom stereocenters. The maximum Gasteiger partial charge on any atom is 0.227 e. The van der Waals surface area contributed by atoms with Crippen molar-refractivity contribution >= 4 is 34.8 Å². The molecule has 2 aromatic rings. The Morgan fingerprint density at radius 3 is 2.29 bits per heavy atom. The first-order valence-electron chi connectivity index (χ1n) is 7.76. The van der Waals surface area contributed by atoms with Crippen LogP contribution >= 0.6 is 23.2 Å². The molecule has 3 nitrogen and oxygen atoms in total. The molecule has 0 N–H and O–H groups in total. The molecule has 2 aromatic carbocycles. The van der Waals surface area contributed by atoms with Crippen LogP contribution in [-0.2, 0) is 11.2 Å². The molecule has 0 aliphatic carbocycles. The Hall–Kier alpha value is -1.78. The summed E-state index contributed by atoms with van der Waals surface area (Å²) in [6.07, 6.45) is -0.0163. The molecule has 0 aromatic heterocycles. The van der Waals surface area contributed by atoms with E-state index < -0.39 is 5.82 Å².